The second-order valence-corrected chi connectivity index (χ2v) is 4.80. The molecule has 2 rings (SSSR count). The zero-order valence-electron chi connectivity index (χ0n) is 10.00. The average Bonchev–Trinajstić information content (AvgIpc) is 2.34. The van der Waals surface area contributed by atoms with Crippen molar-refractivity contribution in [1.29, 1.82) is 0 Å². The van der Waals surface area contributed by atoms with Gasteiger partial charge >= 0.3 is 0 Å². The van der Waals surface area contributed by atoms with Crippen LogP contribution in [0.2, 0.25) is 10.0 Å². The zero-order valence-corrected chi connectivity index (χ0v) is 11.5. The van der Waals surface area contributed by atoms with Crippen LogP contribution in [0.15, 0.2) is 30.3 Å². The van der Waals surface area contributed by atoms with Crippen molar-refractivity contribution in [2.24, 2.45) is 0 Å². The lowest BCUT2D eigenvalue weighted by molar-refractivity contribution is 0.416. The summed E-state index contributed by atoms with van der Waals surface area (Å²) in [5.41, 5.74) is 2.68. The summed E-state index contributed by atoms with van der Waals surface area (Å²) in [6.45, 7) is 1.98. The van der Waals surface area contributed by atoms with Crippen molar-refractivity contribution in [2.45, 2.75) is 6.92 Å². The van der Waals surface area contributed by atoms with Gasteiger partial charge in [-0.25, -0.2) is 0 Å². The van der Waals surface area contributed by atoms with Gasteiger partial charge in [-0.2, -0.15) is 0 Å². The Hall–Kier alpha value is -1.38. The fourth-order valence-electron chi connectivity index (χ4n) is 1.78. The van der Waals surface area contributed by atoms with Crippen LogP contribution < -0.4 is 4.74 Å². The van der Waals surface area contributed by atoms with E-state index in [0.29, 0.717) is 10.8 Å². The van der Waals surface area contributed by atoms with Crippen LogP contribution in [0.5, 0.6) is 11.5 Å². The van der Waals surface area contributed by atoms with E-state index in [0.717, 1.165) is 16.7 Å². The lowest BCUT2D eigenvalue weighted by Crippen LogP contribution is -1.90. The highest BCUT2D eigenvalue weighted by Crippen LogP contribution is 2.40. The summed E-state index contributed by atoms with van der Waals surface area (Å²) >= 11 is 12.1. The molecule has 0 aliphatic carbocycles. The van der Waals surface area contributed by atoms with Gasteiger partial charge in [0.15, 0.2) is 0 Å². The van der Waals surface area contributed by atoms with Gasteiger partial charge in [-0.05, 0) is 25.1 Å². The van der Waals surface area contributed by atoms with Crippen molar-refractivity contribution < 1.29 is 9.84 Å². The van der Waals surface area contributed by atoms with E-state index in [4.69, 9.17) is 27.9 Å². The van der Waals surface area contributed by atoms with Gasteiger partial charge in [0.05, 0.1) is 17.2 Å². The second kappa shape index (κ2) is 5.09. The van der Waals surface area contributed by atoms with Crippen LogP contribution in [-0.2, 0) is 0 Å². The third-order valence-corrected chi connectivity index (χ3v) is 3.30. The number of aryl methyl sites for hydroxylation is 1. The molecule has 0 fully saturated rings. The Kier molecular flexibility index (Phi) is 3.69. The number of methoxy groups -OCH3 is 1. The third-order valence-electron chi connectivity index (χ3n) is 2.68. The second-order valence-electron chi connectivity index (χ2n) is 3.99. The molecule has 0 saturated carbocycles. The lowest BCUT2D eigenvalue weighted by Gasteiger charge is -2.12. The Morgan fingerprint density at radius 2 is 1.72 bits per heavy atom. The Morgan fingerprint density at radius 1 is 1.00 bits per heavy atom. The average molecular weight is 283 g/mol. The van der Waals surface area contributed by atoms with E-state index in [2.05, 4.69) is 0 Å². The van der Waals surface area contributed by atoms with Crippen molar-refractivity contribution in [3.8, 4) is 22.6 Å². The number of ether oxygens (including phenoxy) is 1. The van der Waals surface area contributed by atoms with Crippen LogP contribution >= 0.6 is 23.2 Å². The molecule has 0 aromatic heterocycles. The van der Waals surface area contributed by atoms with Gasteiger partial charge in [0, 0.05) is 17.2 Å². The summed E-state index contributed by atoms with van der Waals surface area (Å²) in [5.74, 6) is 0.682. The number of halogens is 2. The zero-order chi connectivity index (χ0) is 13.3. The number of phenolic OH excluding ortho intramolecular Hbond substituents is 1. The summed E-state index contributed by atoms with van der Waals surface area (Å²) in [5, 5.41) is 10.2. The standard InChI is InChI=1S/C14H12Cl2O2/c1-8-3-4-14(18-2)10(5-8)9-6-12(16)13(17)7-11(9)15/h3-7,17H,1-2H3. The molecule has 0 aliphatic rings. The largest absolute Gasteiger partial charge is 0.506 e. The molecule has 0 spiro atoms. The first-order valence-electron chi connectivity index (χ1n) is 5.36. The molecule has 0 bridgehead atoms. The number of phenols is 1. The van der Waals surface area contributed by atoms with E-state index in [1.54, 1.807) is 13.2 Å². The number of rotatable bonds is 2. The van der Waals surface area contributed by atoms with Crippen LogP contribution in [-0.4, -0.2) is 12.2 Å². The SMILES string of the molecule is COc1ccc(C)cc1-c1cc(Cl)c(O)cc1Cl. The van der Waals surface area contributed by atoms with Crippen LogP contribution in [0.25, 0.3) is 11.1 Å². The minimum absolute atomic E-state index is 0.0305. The molecule has 0 atom stereocenters. The van der Waals surface area contributed by atoms with Crippen molar-refractivity contribution in [1.82, 2.24) is 0 Å². The number of hydrogen-bond acceptors (Lipinski definition) is 2. The molecule has 2 aromatic carbocycles. The maximum absolute atomic E-state index is 9.50. The van der Waals surface area contributed by atoms with E-state index in [-0.39, 0.29) is 10.8 Å². The van der Waals surface area contributed by atoms with Gasteiger partial charge in [-0.1, -0.05) is 34.8 Å². The predicted molar refractivity (Wildman–Crippen MR) is 74.9 cm³/mol. The van der Waals surface area contributed by atoms with Gasteiger partial charge in [0.25, 0.3) is 0 Å². The summed E-state index contributed by atoms with van der Waals surface area (Å²) < 4.78 is 5.32. The quantitative estimate of drug-likeness (QED) is 0.866. The summed E-state index contributed by atoms with van der Waals surface area (Å²) in [7, 11) is 1.60. The highest BCUT2D eigenvalue weighted by atomic mass is 35.5. The minimum atomic E-state index is -0.0305. The van der Waals surface area contributed by atoms with Crippen molar-refractivity contribution in [2.75, 3.05) is 7.11 Å². The van der Waals surface area contributed by atoms with Gasteiger partial charge in [-0.15, -0.1) is 0 Å². The highest BCUT2D eigenvalue weighted by Gasteiger charge is 2.12. The predicted octanol–water partition coefficient (Wildman–Crippen LogP) is 4.68. The Morgan fingerprint density at radius 3 is 2.39 bits per heavy atom. The molecule has 0 heterocycles. The highest BCUT2D eigenvalue weighted by molar-refractivity contribution is 6.36. The fourth-order valence-corrected chi connectivity index (χ4v) is 2.20. The number of hydrogen-bond donors (Lipinski definition) is 1. The molecular formula is C14H12Cl2O2. The van der Waals surface area contributed by atoms with Crippen molar-refractivity contribution in [3.63, 3.8) is 0 Å². The van der Waals surface area contributed by atoms with Gasteiger partial charge in [-0.3, -0.25) is 0 Å². The molecule has 0 amide bonds. The molecule has 0 unspecified atom stereocenters. The number of benzene rings is 2. The molecule has 18 heavy (non-hydrogen) atoms. The minimum Gasteiger partial charge on any atom is -0.506 e. The van der Waals surface area contributed by atoms with Gasteiger partial charge < -0.3 is 9.84 Å². The van der Waals surface area contributed by atoms with Crippen LogP contribution in [0.1, 0.15) is 5.56 Å². The smallest absolute Gasteiger partial charge is 0.135 e. The van der Waals surface area contributed by atoms with E-state index < -0.39 is 0 Å². The summed E-state index contributed by atoms with van der Waals surface area (Å²) in [6, 6.07) is 8.87. The first-order valence-corrected chi connectivity index (χ1v) is 6.11. The third kappa shape index (κ3) is 2.40. The monoisotopic (exact) mass is 282 g/mol. The van der Waals surface area contributed by atoms with E-state index in [1.165, 1.54) is 6.07 Å². The van der Waals surface area contributed by atoms with Crippen LogP contribution in [0.4, 0.5) is 0 Å². The van der Waals surface area contributed by atoms with Crippen LogP contribution in [0, 0.1) is 6.92 Å². The number of aromatic hydroxyl groups is 1. The van der Waals surface area contributed by atoms with Crippen molar-refractivity contribution >= 4 is 23.2 Å². The summed E-state index contributed by atoms with van der Waals surface area (Å²) in [6.07, 6.45) is 0. The Balaban J connectivity index is 2.68. The van der Waals surface area contributed by atoms with Crippen LogP contribution in [0.3, 0.4) is 0 Å². The molecular weight excluding hydrogens is 271 g/mol. The van der Waals surface area contributed by atoms with Gasteiger partial charge in [0.2, 0.25) is 0 Å². The molecule has 0 saturated heterocycles. The molecule has 2 aromatic rings. The van der Waals surface area contributed by atoms with Gasteiger partial charge in [0.1, 0.15) is 11.5 Å². The molecule has 0 aliphatic heterocycles. The van der Waals surface area contributed by atoms with Crippen molar-refractivity contribution in [3.05, 3.63) is 45.9 Å². The maximum atomic E-state index is 9.50. The Labute approximate surface area is 116 Å². The normalized spacial score (nSPS) is 10.4. The fraction of sp³-hybridized carbons (Fsp3) is 0.143. The topological polar surface area (TPSA) is 29.5 Å². The maximum Gasteiger partial charge on any atom is 0.135 e. The van der Waals surface area contributed by atoms with E-state index in [1.807, 2.05) is 25.1 Å². The molecule has 94 valence electrons. The summed E-state index contributed by atoms with van der Waals surface area (Å²) in [4.78, 5) is 0. The van der Waals surface area contributed by atoms with E-state index >= 15 is 0 Å². The molecule has 2 nitrogen and oxygen atoms in total. The first kappa shape index (κ1) is 13.1. The molecule has 1 N–H and O–H groups in total. The molecule has 4 heteroatoms. The first-order chi connectivity index (χ1) is 8.52. The Bertz CT molecular complexity index is 595. The lowest BCUT2D eigenvalue weighted by atomic mass is 10.0. The molecule has 0 radical (unpaired) electrons. The van der Waals surface area contributed by atoms with E-state index in [9.17, 15) is 5.11 Å².